The minimum Gasteiger partial charge on any atom is -0.507 e. The monoisotopic (exact) mass is 797 g/mol. The topological polar surface area (TPSA) is 132 Å². The van der Waals surface area contributed by atoms with E-state index in [2.05, 4.69) is 32.2 Å². The molecule has 3 heterocycles. The fourth-order valence-electron chi connectivity index (χ4n) is 8.13. The number of piperazine rings is 1. The summed E-state index contributed by atoms with van der Waals surface area (Å²) < 4.78 is 10.5. The molecule has 3 aliphatic heterocycles. The second-order valence-corrected chi connectivity index (χ2v) is 15.5. The molecule has 2 N–H and O–H groups in total. The quantitative estimate of drug-likeness (QED) is 0.298. The maximum Gasteiger partial charge on any atom is 0.409 e. The van der Waals surface area contributed by atoms with E-state index in [0.29, 0.717) is 55.5 Å². The fraction of sp³-hybridized carbons (Fsp3) is 0.600. The van der Waals surface area contributed by atoms with Gasteiger partial charge >= 0.3 is 18.1 Å². The zero-order valence-electron chi connectivity index (χ0n) is 31.4. The highest BCUT2D eigenvalue weighted by Gasteiger charge is 2.33. The average Bonchev–Trinajstić information content (AvgIpc) is 3.34. The van der Waals surface area contributed by atoms with Gasteiger partial charge in [0.15, 0.2) is 0 Å². The normalized spacial score (nSPS) is 21.7. The molecule has 4 amide bonds. The van der Waals surface area contributed by atoms with Gasteiger partial charge in [0.25, 0.3) is 0 Å². The molecule has 1 atom stereocenters. The number of benzene rings is 2. The van der Waals surface area contributed by atoms with Gasteiger partial charge < -0.3 is 34.6 Å². The maximum absolute atomic E-state index is 12.9. The van der Waals surface area contributed by atoms with E-state index >= 15 is 0 Å². The van der Waals surface area contributed by atoms with Gasteiger partial charge in [0, 0.05) is 75.9 Å². The lowest BCUT2D eigenvalue weighted by atomic mass is 9.83. The molecule has 290 valence electrons. The number of para-hydroxylation sites is 1. The zero-order chi connectivity index (χ0) is 37.9. The number of nitrogens with zero attached hydrogens (tertiary/aromatic N) is 4. The summed E-state index contributed by atoms with van der Waals surface area (Å²) in [6, 6.07) is 14.1. The number of anilines is 1. The van der Waals surface area contributed by atoms with Crippen molar-refractivity contribution in [3.63, 3.8) is 0 Å². The standard InChI is InChI=1S/C24H35BrN2O4.C16H21N3O3/c1-3-31-23(29)16-18-4-7-20(8-5-18)26-10-12-27(13-11-26)24(30)17(2)14-19-6-9-22(28)21(25)15-19;1-22-16(21)18-9-7-13(8-10-18)19-11-6-12-4-2-3-5-14(12)17-15(19)20/h6,9,15,17-18,20,28H,3-5,7-8,10-14,16H2,1-2H3;2-5,13H,6-11H2,1H3,(H,17,20)/t17-,18?,20?;/m1./s1. The lowest BCUT2D eigenvalue weighted by Gasteiger charge is -2.42. The van der Waals surface area contributed by atoms with Crippen molar-refractivity contribution in [1.82, 2.24) is 19.6 Å². The number of carbonyl (C=O) groups is 4. The number of esters is 1. The predicted octanol–water partition coefficient (Wildman–Crippen LogP) is 6.30. The Balaban J connectivity index is 0.000000216. The molecular weight excluding hydrogens is 742 g/mol. The van der Waals surface area contributed by atoms with E-state index in [1.807, 2.05) is 54.0 Å². The van der Waals surface area contributed by atoms with Crippen molar-refractivity contribution in [1.29, 1.82) is 0 Å². The Morgan fingerprint density at radius 3 is 2.26 bits per heavy atom. The van der Waals surface area contributed by atoms with Crippen LogP contribution in [0.3, 0.4) is 0 Å². The van der Waals surface area contributed by atoms with Crippen LogP contribution in [-0.2, 0) is 31.9 Å². The molecule has 0 spiro atoms. The number of likely N-dealkylation sites (tertiary alicyclic amines) is 1. The Morgan fingerprint density at radius 2 is 1.60 bits per heavy atom. The molecular formula is C40H56BrN5O7. The number of rotatable bonds is 8. The first kappa shape index (κ1) is 40.3. The van der Waals surface area contributed by atoms with Gasteiger partial charge in [-0.05, 0) is 109 Å². The molecule has 0 aromatic heterocycles. The van der Waals surface area contributed by atoms with Gasteiger partial charge in [0.1, 0.15) is 5.75 Å². The van der Waals surface area contributed by atoms with Crippen molar-refractivity contribution in [2.75, 3.05) is 64.8 Å². The molecule has 0 bridgehead atoms. The largest absolute Gasteiger partial charge is 0.507 e. The van der Waals surface area contributed by atoms with E-state index in [4.69, 9.17) is 9.47 Å². The van der Waals surface area contributed by atoms with Crippen molar-refractivity contribution in [3.8, 4) is 5.75 Å². The number of amides is 4. The number of phenolic OH excluding ortho intramolecular Hbond substituents is 1. The number of hydrogen-bond donors (Lipinski definition) is 2. The molecule has 0 unspecified atom stereocenters. The van der Waals surface area contributed by atoms with Crippen LogP contribution in [0.4, 0.5) is 15.3 Å². The highest BCUT2D eigenvalue weighted by atomic mass is 79.9. The molecule has 1 saturated carbocycles. The molecule has 53 heavy (non-hydrogen) atoms. The van der Waals surface area contributed by atoms with Crippen LogP contribution in [0.25, 0.3) is 0 Å². The van der Waals surface area contributed by atoms with Crippen molar-refractivity contribution in [3.05, 3.63) is 58.1 Å². The van der Waals surface area contributed by atoms with E-state index in [9.17, 15) is 24.3 Å². The highest BCUT2D eigenvalue weighted by molar-refractivity contribution is 9.10. The number of piperidine rings is 1. The van der Waals surface area contributed by atoms with Crippen LogP contribution in [0.2, 0.25) is 0 Å². The van der Waals surface area contributed by atoms with Gasteiger partial charge in [0.2, 0.25) is 5.91 Å². The van der Waals surface area contributed by atoms with Gasteiger partial charge in [-0.2, -0.15) is 0 Å². The molecule has 1 aliphatic carbocycles. The van der Waals surface area contributed by atoms with Crippen LogP contribution < -0.4 is 5.32 Å². The number of methoxy groups -OCH3 is 1. The number of halogens is 1. The number of urea groups is 1. The minimum atomic E-state index is -0.286. The first-order chi connectivity index (χ1) is 25.6. The van der Waals surface area contributed by atoms with Crippen LogP contribution in [-0.4, -0.2) is 120 Å². The number of carbonyl (C=O) groups excluding carboxylic acids is 4. The van der Waals surface area contributed by atoms with Crippen LogP contribution in [0, 0.1) is 11.8 Å². The number of aromatic hydroxyl groups is 1. The summed E-state index contributed by atoms with van der Waals surface area (Å²) in [6.07, 6.45) is 7.80. The van der Waals surface area contributed by atoms with Crippen molar-refractivity contribution in [2.45, 2.75) is 83.7 Å². The average molecular weight is 799 g/mol. The minimum absolute atomic E-state index is 0.0403. The van der Waals surface area contributed by atoms with Crippen molar-refractivity contribution >= 4 is 45.6 Å². The van der Waals surface area contributed by atoms with E-state index < -0.39 is 0 Å². The number of nitrogens with one attached hydrogen (secondary N) is 1. The van der Waals surface area contributed by atoms with Crippen molar-refractivity contribution in [2.24, 2.45) is 11.8 Å². The summed E-state index contributed by atoms with van der Waals surface area (Å²) >= 11 is 3.34. The van der Waals surface area contributed by atoms with E-state index in [-0.39, 0.29) is 41.7 Å². The molecule has 3 fully saturated rings. The molecule has 6 rings (SSSR count). The Labute approximate surface area is 322 Å². The molecule has 4 aliphatic rings. The van der Waals surface area contributed by atoms with Crippen LogP contribution >= 0.6 is 15.9 Å². The smallest absolute Gasteiger partial charge is 0.409 e. The number of ether oxygens (including phenoxy) is 2. The third-order valence-electron chi connectivity index (χ3n) is 11.2. The Hall–Kier alpha value is -3.84. The Bertz CT molecular complexity index is 1550. The molecule has 12 nitrogen and oxygen atoms in total. The number of phenols is 1. The van der Waals surface area contributed by atoms with E-state index in [1.54, 1.807) is 11.0 Å². The molecule has 2 aromatic rings. The number of hydrogen-bond acceptors (Lipinski definition) is 8. The summed E-state index contributed by atoms with van der Waals surface area (Å²) in [5.74, 6) is 0.739. The van der Waals surface area contributed by atoms with Gasteiger partial charge in [-0.1, -0.05) is 31.2 Å². The van der Waals surface area contributed by atoms with Gasteiger partial charge in [-0.15, -0.1) is 0 Å². The maximum atomic E-state index is 12.9. The first-order valence-electron chi connectivity index (χ1n) is 19.2. The van der Waals surface area contributed by atoms with E-state index in [0.717, 1.165) is 82.4 Å². The SMILES string of the molecule is CCOC(=O)CC1CCC(N2CCN(C(=O)[C@H](C)Cc3ccc(O)c(Br)c3)CC2)CC1.COC(=O)N1CCC(N2CCc3ccccc3NC2=O)CC1. The Morgan fingerprint density at radius 1 is 0.906 bits per heavy atom. The summed E-state index contributed by atoms with van der Waals surface area (Å²) in [5, 5.41) is 12.6. The molecule has 2 aromatic carbocycles. The van der Waals surface area contributed by atoms with Gasteiger partial charge in [-0.25, -0.2) is 9.59 Å². The lowest BCUT2D eigenvalue weighted by Crippen LogP contribution is -2.53. The third kappa shape index (κ3) is 11.1. The second kappa shape index (κ2) is 19.5. The lowest BCUT2D eigenvalue weighted by molar-refractivity contribution is -0.144. The molecule has 13 heteroatoms. The highest BCUT2D eigenvalue weighted by Crippen LogP contribution is 2.31. The van der Waals surface area contributed by atoms with Crippen LogP contribution in [0.15, 0.2) is 46.9 Å². The van der Waals surface area contributed by atoms with Crippen LogP contribution in [0.5, 0.6) is 5.75 Å². The van der Waals surface area contributed by atoms with Gasteiger partial charge in [-0.3, -0.25) is 14.5 Å². The summed E-state index contributed by atoms with van der Waals surface area (Å²) in [4.78, 5) is 56.8. The molecule has 2 saturated heterocycles. The zero-order valence-corrected chi connectivity index (χ0v) is 33.0. The predicted molar refractivity (Wildman–Crippen MR) is 207 cm³/mol. The van der Waals surface area contributed by atoms with Crippen LogP contribution in [0.1, 0.15) is 69.9 Å². The van der Waals surface area contributed by atoms with Gasteiger partial charge in [0.05, 0.1) is 18.2 Å². The summed E-state index contributed by atoms with van der Waals surface area (Å²) in [7, 11) is 1.40. The summed E-state index contributed by atoms with van der Waals surface area (Å²) in [6.45, 7) is 9.70. The first-order valence-corrected chi connectivity index (χ1v) is 20.0. The summed E-state index contributed by atoms with van der Waals surface area (Å²) in [5.41, 5.74) is 3.12. The molecule has 0 radical (unpaired) electrons. The van der Waals surface area contributed by atoms with E-state index in [1.165, 1.54) is 12.7 Å². The van der Waals surface area contributed by atoms with Crippen molar-refractivity contribution < 1.29 is 33.8 Å². The number of fused-ring (bicyclic) bond motifs is 1. The Kier molecular flexibility index (Phi) is 14.8. The fourth-order valence-corrected chi connectivity index (χ4v) is 8.56. The second-order valence-electron chi connectivity index (χ2n) is 14.7. The third-order valence-corrected chi connectivity index (χ3v) is 11.8.